The van der Waals surface area contributed by atoms with Gasteiger partial charge in [0.25, 0.3) is 0 Å². The van der Waals surface area contributed by atoms with Crippen molar-refractivity contribution in [3.8, 4) is 16.4 Å². The standard InChI is InChI=1S/C20H19NO5S/c22-20(25-12-15-11-18(26-21-15)19-4-2-10-27-19)14-5-7-16(8-6-14)24-13-17-3-1-9-23-17/h2,4-8,10-11,17H,1,3,9,12-13H2. The van der Waals surface area contributed by atoms with Crippen molar-refractivity contribution in [3.63, 3.8) is 0 Å². The quantitative estimate of drug-likeness (QED) is 0.564. The normalized spacial score (nSPS) is 16.4. The molecule has 3 heterocycles. The Bertz CT molecular complexity index is 866. The van der Waals surface area contributed by atoms with Crippen LogP contribution >= 0.6 is 11.3 Å². The summed E-state index contributed by atoms with van der Waals surface area (Å²) >= 11 is 1.56. The summed E-state index contributed by atoms with van der Waals surface area (Å²) in [7, 11) is 0. The Labute approximate surface area is 160 Å². The Balaban J connectivity index is 1.28. The number of nitrogens with zero attached hydrogens (tertiary/aromatic N) is 1. The number of aromatic nitrogens is 1. The van der Waals surface area contributed by atoms with Crippen molar-refractivity contribution in [2.75, 3.05) is 13.2 Å². The molecule has 1 aliphatic heterocycles. The third kappa shape index (κ3) is 4.56. The minimum Gasteiger partial charge on any atom is -0.491 e. The maximum atomic E-state index is 12.2. The number of carbonyl (C=O) groups is 1. The van der Waals surface area contributed by atoms with Gasteiger partial charge in [-0.1, -0.05) is 11.2 Å². The van der Waals surface area contributed by atoms with Crippen molar-refractivity contribution < 1.29 is 23.5 Å². The first-order valence-electron chi connectivity index (χ1n) is 8.79. The number of hydrogen-bond acceptors (Lipinski definition) is 7. The molecule has 0 spiro atoms. The lowest BCUT2D eigenvalue weighted by atomic mass is 10.2. The lowest BCUT2D eigenvalue weighted by Gasteiger charge is -2.11. The molecule has 0 radical (unpaired) electrons. The second-order valence-electron chi connectivity index (χ2n) is 6.21. The lowest BCUT2D eigenvalue weighted by molar-refractivity contribution is 0.0464. The Kier molecular flexibility index (Phi) is 5.50. The van der Waals surface area contributed by atoms with Gasteiger partial charge in [0.1, 0.15) is 24.7 Å². The van der Waals surface area contributed by atoms with Crippen LogP contribution < -0.4 is 4.74 Å². The number of rotatable bonds is 7. The molecule has 1 unspecified atom stereocenters. The van der Waals surface area contributed by atoms with E-state index in [-0.39, 0.29) is 12.7 Å². The van der Waals surface area contributed by atoms with Crippen LogP contribution in [-0.2, 0) is 16.1 Å². The van der Waals surface area contributed by atoms with Gasteiger partial charge in [0.2, 0.25) is 0 Å². The number of ether oxygens (including phenoxy) is 3. The van der Waals surface area contributed by atoms with Crippen LogP contribution in [0, 0.1) is 0 Å². The SMILES string of the molecule is O=C(OCc1cc(-c2cccs2)on1)c1ccc(OCC2CCCO2)cc1. The van der Waals surface area contributed by atoms with E-state index in [9.17, 15) is 4.79 Å². The van der Waals surface area contributed by atoms with E-state index in [0.29, 0.717) is 29.4 Å². The first kappa shape index (κ1) is 17.8. The summed E-state index contributed by atoms with van der Waals surface area (Å²) in [6.07, 6.45) is 2.27. The van der Waals surface area contributed by atoms with E-state index in [2.05, 4.69) is 5.16 Å². The summed E-state index contributed by atoms with van der Waals surface area (Å²) in [6, 6.07) is 12.6. The molecule has 0 bridgehead atoms. The van der Waals surface area contributed by atoms with E-state index in [1.54, 1.807) is 41.7 Å². The van der Waals surface area contributed by atoms with Crippen molar-refractivity contribution >= 4 is 17.3 Å². The largest absolute Gasteiger partial charge is 0.491 e. The topological polar surface area (TPSA) is 70.8 Å². The third-order valence-electron chi connectivity index (χ3n) is 4.22. The van der Waals surface area contributed by atoms with Crippen LogP contribution in [0.5, 0.6) is 5.75 Å². The highest BCUT2D eigenvalue weighted by atomic mass is 32.1. The number of carbonyl (C=O) groups excluding carboxylic acids is 1. The van der Waals surface area contributed by atoms with Crippen molar-refractivity contribution in [3.05, 3.63) is 59.1 Å². The van der Waals surface area contributed by atoms with Gasteiger partial charge in [-0.25, -0.2) is 4.79 Å². The maximum Gasteiger partial charge on any atom is 0.338 e. The molecule has 0 saturated carbocycles. The Morgan fingerprint density at radius 3 is 2.89 bits per heavy atom. The Morgan fingerprint density at radius 1 is 1.26 bits per heavy atom. The molecule has 1 aromatic carbocycles. The van der Waals surface area contributed by atoms with Crippen molar-refractivity contribution in [1.82, 2.24) is 5.16 Å². The molecule has 1 atom stereocenters. The van der Waals surface area contributed by atoms with Gasteiger partial charge in [-0.3, -0.25) is 0 Å². The zero-order valence-electron chi connectivity index (χ0n) is 14.6. The van der Waals surface area contributed by atoms with Gasteiger partial charge in [-0.05, 0) is 48.6 Å². The molecule has 1 aliphatic rings. The Morgan fingerprint density at radius 2 is 2.15 bits per heavy atom. The lowest BCUT2D eigenvalue weighted by Crippen LogP contribution is -2.16. The van der Waals surface area contributed by atoms with Crippen LogP contribution in [0.3, 0.4) is 0 Å². The maximum absolute atomic E-state index is 12.2. The summed E-state index contributed by atoms with van der Waals surface area (Å²) in [5.74, 6) is 0.962. The van der Waals surface area contributed by atoms with Gasteiger partial charge in [0.15, 0.2) is 5.76 Å². The zero-order chi connectivity index (χ0) is 18.5. The second-order valence-corrected chi connectivity index (χ2v) is 7.15. The summed E-state index contributed by atoms with van der Waals surface area (Å²) in [5.41, 5.74) is 1.03. The molecule has 0 amide bonds. The molecule has 140 valence electrons. The van der Waals surface area contributed by atoms with Crippen molar-refractivity contribution in [1.29, 1.82) is 0 Å². The number of benzene rings is 1. The average Bonchev–Trinajstić information content (AvgIpc) is 3.47. The molecule has 3 aromatic rings. The van der Waals surface area contributed by atoms with Crippen molar-refractivity contribution in [2.24, 2.45) is 0 Å². The molecule has 1 fully saturated rings. The van der Waals surface area contributed by atoms with Crippen LogP contribution in [0.15, 0.2) is 52.4 Å². The van der Waals surface area contributed by atoms with Crippen LogP contribution in [0.1, 0.15) is 28.9 Å². The van der Waals surface area contributed by atoms with Gasteiger partial charge in [-0.2, -0.15) is 0 Å². The van der Waals surface area contributed by atoms with E-state index in [1.165, 1.54) is 0 Å². The van der Waals surface area contributed by atoms with Crippen LogP contribution in [0.25, 0.3) is 10.6 Å². The monoisotopic (exact) mass is 385 g/mol. The fourth-order valence-electron chi connectivity index (χ4n) is 2.79. The molecule has 2 aromatic heterocycles. The summed E-state index contributed by atoms with van der Waals surface area (Å²) < 4.78 is 21.8. The van der Waals surface area contributed by atoms with E-state index in [0.717, 1.165) is 24.3 Å². The van der Waals surface area contributed by atoms with E-state index in [1.807, 2.05) is 17.5 Å². The first-order valence-corrected chi connectivity index (χ1v) is 9.67. The summed E-state index contributed by atoms with van der Waals surface area (Å²) in [4.78, 5) is 13.2. The highest BCUT2D eigenvalue weighted by molar-refractivity contribution is 7.13. The van der Waals surface area contributed by atoms with E-state index >= 15 is 0 Å². The number of thiophene rings is 1. The van der Waals surface area contributed by atoms with Gasteiger partial charge in [0, 0.05) is 12.7 Å². The van der Waals surface area contributed by atoms with Gasteiger partial charge in [0.05, 0.1) is 16.5 Å². The molecule has 27 heavy (non-hydrogen) atoms. The van der Waals surface area contributed by atoms with E-state index < -0.39 is 5.97 Å². The minimum absolute atomic E-state index is 0.0605. The molecule has 7 heteroatoms. The zero-order valence-corrected chi connectivity index (χ0v) is 15.4. The van der Waals surface area contributed by atoms with Gasteiger partial charge >= 0.3 is 5.97 Å². The van der Waals surface area contributed by atoms with Gasteiger partial charge < -0.3 is 18.7 Å². The van der Waals surface area contributed by atoms with Gasteiger partial charge in [-0.15, -0.1) is 11.3 Å². The summed E-state index contributed by atoms with van der Waals surface area (Å²) in [5, 5.41) is 5.90. The number of esters is 1. The molecule has 6 nitrogen and oxygen atoms in total. The molecular weight excluding hydrogens is 366 g/mol. The smallest absolute Gasteiger partial charge is 0.338 e. The van der Waals surface area contributed by atoms with Crippen LogP contribution in [0.4, 0.5) is 0 Å². The molecule has 0 aliphatic carbocycles. The average molecular weight is 385 g/mol. The Hall–Kier alpha value is -2.64. The fourth-order valence-corrected chi connectivity index (χ4v) is 3.46. The van der Waals surface area contributed by atoms with Crippen molar-refractivity contribution in [2.45, 2.75) is 25.6 Å². The highest BCUT2D eigenvalue weighted by Gasteiger charge is 2.16. The third-order valence-corrected chi connectivity index (χ3v) is 5.11. The minimum atomic E-state index is -0.415. The first-order chi connectivity index (χ1) is 13.3. The van der Waals surface area contributed by atoms with E-state index in [4.69, 9.17) is 18.7 Å². The molecule has 4 rings (SSSR count). The summed E-state index contributed by atoms with van der Waals surface area (Å²) in [6.45, 7) is 1.40. The van der Waals surface area contributed by atoms with Crippen LogP contribution in [-0.4, -0.2) is 30.4 Å². The predicted molar refractivity (Wildman–Crippen MR) is 99.8 cm³/mol. The molecule has 0 N–H and O–H groups in total. The molecular formula is C20H19NO5S. The number of hydrogen-bond donors (Lipinski definition) is 0. The highest BCUT2D eigenvalue weighted by Crippen LogP contribution is 2.25. The van der Waals surface area contributed by atoms with Crippen LogP contribution in [0.2, 0.25) is 0 Å². The molecule has 1 saturated heterocycles. The fraction of sp³-hybridized carbons (Fsp3) is 0.300. The predicted octanol–water partition coefficient (Wildman–Crippen LogP) is 4.32. The second kappa shape index (κ2) is 8.37.